The summed E-state index contributed by atoms with van der Waals surface area (Å²) in [7, 11) is 0. The third kappa shape index (κ3) is 3.02. The van der Waals surface area contributed by atoms with Crippen LogP contribution >= 0.6 is 11.6 Å². The second-order valence-corrected chi connectivity index (χ2v) is 3.85. The molecule has 0 fully saturated rings. The molecule has 0 aliphatic carbocycles. The minimum atomic E-state index is 0.279. The van der Waals surface area contributed by atoms with Crippen LogP contribution in [0.5, 0.6) is 5.75 Å². The van der Waals surface area contributed by atoms with E-state index in [-0.39, 0.29) is 5.75 Å². The molecule has 0 saturated carbocycles. The van der Waals surface area contributed by atoms with Crippen molar-refractivity contribution in [3.05, 3.63) is 52.9 Å². The summed E-state index contributed by atoms with van der Waals surface area (Å²) in [5.74, 6) is 1.09. The SMILES string of the molecule is Oc1ccc(CNCc2ccc(Cl)o2)cc1. The van der Waals surface area contributed by atoms with Gasteiger partial charge < -0.3 is 14.8 Å². The predicted octanol–water partition coefficient (Wildman–Crippen LogP) is 2.93. The zero-order chi connectivity index (χ0) is 11.4. The van der Waals surface area contributed by atoms with Gasteiger partial charge in [-0.2, -0.15) is 0 Å². The summed E-state index contributed by atoms with van der Waals surface area (Å²) in [6, 6.07) is 10.6. The summed E-state index contributed by atoms with van der Waals surface area (Å²) in [5, 5.41) is 12.7. The van der Waals surface area contributed by atoms with Gasteiger partial charge in [0.1, 0.15) is 11.5 Å². The Kier molecular flexibility index (Phi) is 3.49. The fourth-order valence-corrected chi connectivity index (χ4v) is 1.55. The van der Waals surface area contributed by atoms with E-state index >= 15 is 0 Å². The minimum Gasteiger partial charge on any atom is -0.508 e. The normalized spacial score (nSPS) is 10.6. The van der Waals surface area contributed by atoms with Crippen LogP contribution in [-0.4, -0.2) is 5.11 Å². The topological polar surface area (TPSA) is 45.4 Å². The van der Waals surface area contributed by atoms with Gasteiger partial charge in [-0.1, -0.05) is 12.1 Å². The molecule has 2 N–H and O–H groups in total. The molecule has 16 heavy (non-hydrogen) atoms. The predicted molar refractivity (Wildman–Crippen MR) is 62.4 cm³/mol. The molecule has 2 rings (SSSR count). The fourth-order valence-electron chi connectivity index (χ4n) is 1.39. The third-order valence-electron chi connectivity index (χ3n) is 2.19. The van der Waals surface area contributed by atoms with Gasteiger partial charge in [0.15, 0.2) is 5.22 Å². The number of aromatic hydroxyl groups is 1. The van der Waals surface area contributed by atoms with Crippen molar-refractivity contribution in [3.8, 4) is 5.75 Å². The van der Waals surface area contributed by atoms with Crippen LogP contribution in [0.3, 0.4) is 0 Å². The van der Waals surface area contributed by atoms with Gasteiger partial charge in [0.2, 0.25) is 0 Å². The Morgan fingerprint density at radius 2 is 1.81 bits per heavy atom. The van der Waals surface area contributed by atoms with Crippen LogP contribution in [0, 0.1) is 0 Å². The first-order valence-corrected chi connectivity index (χ1v) is 5.35. The van der Waals surface area contributed by atoms with Crippen LogP contribution in [0.2, 0.25) is 5.22 Å². The van der Waals surface area contributed by atoms with Gasteiger partial charge in [0, 0.05) is 6.54 Å². The van der Waals surface area contributed by atoms with Gasteiger partial charge in [0.05, 0.1) is 6.54 Å². The van der Waals surface area contributed by atoms with E-state index in [1.807, 2.05) is 18.2 Å². The van der Waals surface area contributed by atoms with Crippen molar-refractivity contribution in [3.63, 3.8) is 0 Å². The van der Waals surface area contributed by atoms with E-state index in [0.717, 1.165) is 17.9 Å². The zero-order valence-corrected chi connectivity index (χ0v) is 9.37. The highest BCUT2D eigenvalue weighted by atomic mass is 35.5. The lowest BCUT2D eigenvalue weighted by molar-refractivity contribution is 0.474. The smallest absolute Gasteiger partial charge is 0.193 e. The maximum atomic E-state index is 9.11. The van der Waals surface area contributed by atoms with E-state index in [0.29, 0.717) is 11.8 Å². The van der Waals surface area contributed by atoms with Gasteiger partial charge in [-0.25, -0.2) is 0 Å². The van der Waals surface area contributed by atoms with Crippen LogP contribution in [0.4, 0.5) is 0 Å². The molecule has 0 radical (unpaired) electrons. The maximum absolute atomic E-state index is 9.11. The van der Waals surface area contributed by atoms with E-state index in [1.54, 1.807) is 18.2 Å². The van der Waals surface area contributed by atoms with Gasteiger partial charge in [-0.05, 0) is 41.4 Å². The minimum absolute atomic E-state index is 0.279. The van der Waals surface area contributed by atoms with Gasteiger partial charge >= 0.3 is 0 Å². The Labute approximate surface area is 98.7 Å². The van der Waals surface area contributed by atoms with Crippen LogP contribution < -0.4 is 5.32 Å². The monoisotopic (exact) mass is 237 g/mol. The quantitative estimate of drug-likeness (QED) is 0.860. The number of phenols is 1. The third-order valence-corrected chi connectivity index (χ3v) is 2.40. The average molecular weight is 238 g/mol. The fraction of sp³-hybridized carbons (Fsp3) is 0.167. The number of nitrogens with one attached hydrogen (secondary N) is 1. The lowest BCUT2D eigenvalue weighted by Gasteiger charge is -2.02. The second-order valence-electron chi connectivity index (χ2n) is 3.48. The lowest BCUT2D eigenvalue weighted by atomic mass is 10.2. The number of rotatable bonds is 4. The average Bonchev–Trinajstić information content (AvgIpc) is 2.67. The molecule has 3 nitrogen and oxygen atoms in total. The summed E-state index contributed by atoms with van der Waals surface area (Å²) < 4.78 is 5.20. The Bertz CT molecular complexity index is 450. The number of phenolic OH excluding ortho intramolecular Hbond substituents is 1. The molecule has 0 saturated heterocycles. The number of furan rings is 1. The van der Waals surface area contributed by atoms with E-state index in [9.17, 15) is 0 Å². The molecular formula is C12H12ClNO2. The zero-order valence-electron chi connectivity index (χ0n) is 8.61. The standard InChI is InChI=1S/C12H12ClNO2/c13-12-6-5-11(16-12)8-14-7-9-1-3-10(15)4-2-9/h1-6,14-15H,7-8H2. The molecule has 4 heteroatoms. The molecule has 0 unspecified atom stereocenters. The molecular weight excluding hydrogens is 226 g/mol. The van der Waals surface area contributed by atoms with Crippen LogP contribution in [0.25, 0.3) is 0 Å². The van der Waals surface area contributed by atoms with Crippen molar-refractivity contribution in [2.24, 2.45) is 0 Å². The van der Waals surface area contributed by atoms with Crippen LogP contribution in [0.1, 0.15) is 11.3 Å². The molecule has 0 bridgehead atoms. The summed E-state index contributed by atoms with van der Waals surface area (Å²) in [6.07, 6.45) is 0. The molecule has 1 aromatic carbocycles. The molecule has 2 aromatic rings. The Morgan fingerprint density at radius 3 is 2.44 bits per heavy atom. The Hall–Kier alpha value is -1.45. The number of hydrogen-bond donors (Lipinski definition) is 2. The van der Waals surface area contributed by atoms with E-state index in [1.165, 1.54) is 0 Å². The number of halogens is 1. The molecule has 0 amide bonds. The summed E-state index contributed by atoms with van der Waals surface area (Å²) in [6.45, 7) is 1.35. The van der Waals surface area contributed by atoms with Crippen molar-refractivity contribution in [1.29, 1.82) is 0 Å². The van der Waals surface area contributed by atoms with Crippen molar-refractivity contribution < 1.29 is 9.52 Å². The maximum Gasteiger partial charge on any atom is 0.193 e. The van der Waals surface area contributed by atoms with E-state index in [2.05, 4.69) is 5.32 Å². The summed E-state index contributed by atoms with van der Waals surface area (Å²) in [5.41, 5.74) is 1.11. The van der Waals surface area contributed by atoms with Gasteiger partial charge in [-0.3, -0.25) is 0 Å². The van der Waals surface area contributed by atoms with E-state index < -0.39 is 0 Å². The molecule has 1 heterocycles. The van der Waals surface area contributed by atoms with E-state index in [4.69, 9.17) is 21.1 Å². The van der Waals surface area contributed by atoms with Crippen LogP contribution in [0.15, 0.2) is 40.8 Å². The van der Waals surface area contributed by atoms with Gasteiger partial charge in [0.25, 0.3) is 0 Å². The lowest BCUT2D eigenvalue weighted by Crippen LogP contribution is -2.11. The largest absolute Gasteiger partial charge is 0.508 e. The highest BCUT2D eigenvalue weighted by Gasteiger charge is 1.99. The second kappa shape index (κ2) is 5.05. The van der Waals surface area contributed by atoms with Gasteiger partial charge in [-0.15, -0.1) is 0 Å². The highest BCUT2D eigenvalue weighted by Crippen LogP contribution is 2.13. The summed E-state index contributed by atoms with van der Waals surface area (Å²) in [4.78, 5) is 0. The molecule has 0 aliphatic rings. The van der Waals surface area contributed by atoms with Crippen molar-refractivity contribution in [2.75, 3.05) is 0 Å². The first kappa shape index (κ1) is 11.0. The number of hydrogen-bond acceptors (Lipinski definition) is 3. The van der Waals surface area contributed by atoms with Crippen molar-refractivity contribution >= 4 is 11.6 Å². The van der Waals surface area contributed by atoms with Crippen LogP contribution in [-0.2, 0) is 13.1 Å². The molecule has 0 spiro atoms. The Morgan fingerprint density at radius 1 is 1.06 bits per heavy atom. The number of benzene rings is 1. The first-order valence-electron chi connectivity index (χ1n) is 4.97. The molecule has 1 aromatic heterocycles. The molecule has 84 valence electrons. The summed E-state index contributed by atoms with van der Waals surface area (Å²) >= 11 is 5.65. The van der Waals surface area contributed by atoms with Crippen molar-refractivity contribution in [1.82, 2.24) is 5.32 Å². The molecule has 0 atom stereocenters. The van der Waals surface area contributed by atoms with Crippen molar-refractivity contribution in [2.45, 2.75) is 13.1 Å². The Balaban J connectivity index is 1.82. The molecule has 0 aliphatic heterocycles. The first-order chi connectivity index (χ1) is 7.74. The highest BCUT2D eigenvalue weighted by molar-refractivity contribution is 6.28.